The number of nitrogens with zero attached hydrogens (tertiary/aromatic N) is 2. The number of likely N-dealkylation sites (N-methyl/N-ethyl adjacent to an activating group) is 1. The van der Waals surface area contributed by atoms with E-state index in [1.54, 1.807) is 36.2 Å². The van der Waals surface area contributed by atoms with Gasteiger partial charge in [0.2, 0.25) is 5.91 Å². The Balaban J connectivity index is 1.89. The van der Waals surface area contributed by atoms with Gasteiger partial charge in [-0.05, 0) is 49.2 Å². The number of para-hydroxylation sites is 1. The first-order valence-corrected chi connectivity index (χ1v) is 11.3. The third kappa shape index (κ3) is 4.67. The van der Waals surface area contributed by atoms with Crippen LogP contribution in [0.25, 0.3) is 0 Å². The Bertz CT molecular complexity index is 895. The molecule has 1 saturated carbocycles. The second-order valence-corrected chi connectivity index (χ2v) is 9.40. The molecule has 0 aromatic heterocycles. The topological polar surface area (TPSA) is 57.7 Å². The van der Waals surface area contributed by atoms with Crippen molar-refractivity contribution < 1.29 is 13.2 Å². The maximum Gasteiger partial charge on any atom is 0.264 e. The predicted octanol–water partition coefficient (Wildman–Crippen LogP) is 4.33. The first kappa shape index (κ1) is 20.7. The lowest BCUT2D eigenvalue weighted by molar-refractivity contribution is -0.130. The van der Waals surface area contributed by atoms with Gasteiger partial charge < -0.3 is 4.90 Å². The third-order valence-electron chi connectivity index (χ3n) is 5.24. The highest BCUT2D eigenvalue weighted by molar-refractivity contribution is 7.92. The lowest BCUT2D eigenvalue weighted by Crippen LogP contribution is -2.45. The molecule has 1 aliphatic rings. The van der Waals surface area contributed by atoms with Gasteiger partial charge in [0, 0.05) is 18.1 Å². The van der Waals surface area contributed by atoms with E-state index in [2.05, 4.69) is 0 Å². The molecule has 2 aromatic carbocycles. The maximum atomic E-state index is 13.3. The summed E-state index contributed by atoms with van der Waals surface area (Å²) in [7, 11) is -2.13. The summed E-state index contributed by atoms with van der Waals surface area (Å²) < 4.78 is 27.8. The Morgan fingerprint density at radius 3 is 2.21 bits per heavy atom. The molecule has 5 nitrogen and oxygen atoms in total. The first-order chi connectivity index (χ1) is 13.4. The summed E-state index contributed by atoms with van der Waals surface area (Å²) in [6, 6.07) is 14.9. The molecule has 1 aliphatic carbocycles. The second-order valence-electron chi connectivity index (χ2n) is 7.10. The van der Waals surface area contributed by atoms with Crippen LogP contribution >= 0.6 is 11.6 Å². The number of amides is 1. The molecule has 0 radical (unpaired) electrons. The average Bonchev–Trinajstić information content (AvgIpc) is 2.72. The molecular weight excluding hydrogens is 396 g/mol. The van der Waals surface area contributed by atoms with Crippen molar-refractivity contribution in [1.29, 1.82) is 0 Å². The fourth-order valence-electron chi connectivity index (χ4n) is 3.55. The van der Waals surface area contributed by atoms with Crippen LogP contribution < -0.4 is 4.31 Å². The largest absolute Gasteiger partial charge is 0.341 e. The Hall–Kier alpha value is -2.05. The van der Waals surface area contributed by atoms with Crippen molar-refractivity contribution in [2.45, 2.75) is 43.0 Å². The minimum atomic E-state index is -3.90. The highest BCUT2D eigenvalue weighted by Gasteiger charge is 2.30. The second kappa shape index (κ2) is 8.97. The summed E-state index contributed by atoms with van der Waals surface area (Å²) in [6.45, 7) is -0.234. The van der Waals surface area contributed by atoms with Crippen molar-refractivity contribution in [1.82, 2.24) is 4.90 Å². The molecule has 0 heterocycles. The Morgan fingerprint density at radius 1 is 1.00 bits per heavy atom. The van der Waals surface area contributed by atoms with Gasteiger partial charge in [0.15, 0.2) is 0 Å². The number of rotatable bonds is 6. The van der Waals surface area contributed by atoms with Gasteiger partial charge in [-0.25, -0.2) is 8.42 Å². The Labute approximate surface area is 172 Å². The molecule has 150 valence electrons. The zero-order chi connectivity index (χ0) is 20.1. The van der Waals surface area contributed by atoms with Crippen LogP contribution in [0.15, 0.2) is 59.5 Å². The highest BCUT2D eigenvalue weighted by Crippen LogP contribution is 2.26. The smallest absolute Gasteiger partial charge is 0.264 e. The van der Waals surface area contributed by atoms with Crippen LogP contribution in [0.4, 0.5) is 5.69 Å². The van der Waals surface area contributed by atoms with E-state index in [1.165, 1.54) is 35.0 Å². The molecule has 1 amide bonds. The van der Waals surface area contributed by atoms with E-state index in [-0.39, 0.29) is 23.4 Å². The average molecular weight is 421 g/mol. The highest BCUT2D eigenvalue weighted by atomic mass is 35.5. The molecule has 0 atom stereocenters. The van der Waals surface area contributed by atoms with E-state index in [9.17, 15) is 13.2 Å². The van der Waals surface area contributed by atoms with Crippen LogP contribution in [0.2, 0.25) is 5.02 Å². The molecule has 1 fully saturated rings. The van der Waals surface area contributed by atoms with E-state index in [1.807, 2.05) is 6.07 Å². The summed E-state index contributed by atoms with van der Waals surface area (Å²) in [5.41, 5.74) is 0.461. The maximum absolute atomic E-state index is 13.3. The number of carbonyl (C=O) groups is 1. The van der Waals surface area contributed by atoms with Gasteiger partial charge in [0.25, 0.3) is 10.0 Å². The first-order valence-electron chi connectivity index (χ1n) is 9.48. The van der Waals surface area contributed by atoms with Crippen LogP contribution in [0.5, 0.6) is 0 Å². The van der Waals surface area contributed by atoms with E-state index in [0.29, 0.717) is 10.7 Å². The van der Waals surface area contributed by atoms with Crippen LogP contribution in [0.1, 0.15) is 32.1 Å². The zero-order valence-corrected chi connectivity index (χ0v) is 17.5. The zero-order valence-electron chi connectivity index (χ0n) is 15.9. The molecule has 0 N–H and O–H groups in total. The van der Waals surface area contributed by atoms with E-state index < -0.39 is 10.0 Å². The Kier molecular flexibility index (Phi) is 6.62. The molecule has 0 aliphatic heterocycles. The molecule has 3 rings (SSSR count). The van der Waals surface area contributed by atoms with E-state index in [4.69, 9.17) is 11.6 Å². The monoisotopic (exact) mass is 420 g/mol. The lowest BCUT2D eigenvalue weighted by atomic mass is 9.94. The molecule has 7 heteroatoms. The quantitative estimate of drug-likeness (QED) is 0.699. The number of hydrogen-bond acceptors (Lipinski definition) is 3. The van der Waals surface area contributed by atoms with Gasteiger partial charge in [-0.3, -0.25) is 9.10 Å². The van der Waals surface area contributed by atoms with Gasteiger partial charge >= 0.3 is 0 Å². The van der Waals surface area contributed by atoms with Gasteiger partial charge in [0.05, 0.1) is 10.6 Å². The number of carbonyl (C=O) groups excluding carboxylic acids is 1. The number of hydrogen-bond donors (Lipinski definition) is 0. The van der Waals surface area contributed by atoms with Crippen molar-refractivity contribution in [3.8, 4) is 0 Å². The standard InChI is InChI=1S/C21H25ClN2O3S/c1-23(18-8-4-2-5-9-18)21(25)16-24(19-10-6-3-7-11-19)28(26,27)20-14-12-17(22)13-15-20/h3,6-7,10-15,18H,2,4-5,8-9,16H2,1H3. The van der Waals surface area contributed by atoms with Gasteiger partial charge in [-0.2, -0.15) is 0 Å². The van der Waals surface area contributed by atoms with Crippen molar-refractivity contribution in [3.63, 3.8) is 0 Å². The third-order valence-corrected chi connectivity index (χ3v) is 7.28. The number of halogens is 1. The van der Waals surface area contributed by atoms with Crippen LogP contribution in [-0.4, -0.2) is 38.9 Å². The lowest BCUT2D eigenvalue weighted by Gasteiger charge is -2.33. The van der Waals surface area contributed by atoms with E-state index in [0.717, 1.165) is 25.7 Å². The molecule has 2 aromatic rings. The molecular formula is C21H25ClN2O3S. The number of sulfonamides is 1. The van der Waals surface area contributed by atoms with Gasteiger partial charge in [0.1, 0.15) is 6.54 Å². The molecule has 0 saturated heterocycles. The van der Waals surface area contributed by atoms with Crippen LogP contribution in [-0.2, 0) is 14.8 Å². The summed E-state index contributed by atoms with van der Waals surface area (Å²) >= 11 is 5.90. The van der Waals surface area contributed by atoms with Crippen molar-refractivity contribution in [3.05, 3.63) is 59.6 Å². The predicted molar refractivity (Wildman–Crippen MR) is 112 cm³/mol. The summed E-state index contributed by atoms with van der Waals surface area (Å²) in [5, 5.41) is 0.457. The van der Waals surface area contributed by atoms with Crippen LogP contribution in [0, 0.1) is 0 Å². The van der Waals surface area contributed by atoms with Gasteiger partial charge in [-0.15, -0.1) is 0 Å². The van der Waals surface area contributed by atoms with Crippen molar-refractivity contribution in [2.75, 3.05) is 17.9 Å². The van der Waals surface area contributed by atoms with Crippen molar-refractivity contribution in [2.24, 2.45) is 0 Å². The SMILES string of the molecule is CN(C(=O)CN(c1ccccc1)S(=O)(=O)c1ccc(Cl)cc1)C1CCCCC1. The van der Waals surface area contributed by atoms with Crippen LogP contribution in [0.3, 0.4) is 0 Å². The molecule has 0 spiro atoms. The number of anilines is 1. The van der Waals surface area contributed by atoms with Crippen molar-refractivity contribution >= 4 is 33.2 Å². The molecule has 28 heavy (non-hydrogen) atoms. The van der Waals surface area contributed by atoms with E-state index >= 15 is 0 Å². The minimum Gasteiger partial charge on any atom is -0.341 e. The molecule has 0 unspecified atom stereocenters. The summed E-state index contributed by atoms with van der Waals surface area (Å²) in [4.78, 5) is 14.8. The fourth-order valence-corrected chi connectivity index (χ4v) is 5.09. The summed E-state index contributed by atoms with van der Waals surface area (Å²) in [5.74, 6) is -0.201. The van der Waals surface area contributed by atoms with Gasteiger partial charge in [-0.1, -0.05) is 49.1 Å². The molecule has 0 bridgehead atoms. The Morgan fingerprint density at radius 2 is 1.61 bits per heavy atom. The summed E-state index contributed by atoms with van der Waals surface area (Å²) in [6.07, 6.45) is 5.34. The normalized spacial score (nSPS) is 15.2. The minimum absolute atomic E-state index is 0.105. The fraction of sp³-hybridized carbons (Fsp3) is 0.381. The number of benzene rings is 2.